The lowest BCUT2D eigenvalue weighted by atomic mass is 9.83. The lowest BCUT2D eigenvalue weighted by Crippen LogP contribution is -2.51. The minimum absolute atomic E-state index is 0.0864. The van der Waals surface area contributed by atoms with E-state index in [1.54, 1.807) is 19.2 Å². The van der Waals surface area contributed by atoms with Gasteiger partial charge in [0.1, 0.15) is 17.2 Å². The van der Waals surface area contributed by atoms with E-state index in [4.69, 9.17) is 15.5 Å². The molecule has 0 radical (unpaired) electrons. The summed E-state index contributed by atoms with van der Waals surface area (Å²) in [6, 6.07) is 3.08. The molecule has 216 valence electrons. The summed E-state index contributed by atoms with van der Waals surface area (Å²) < 4.78 is 19.9. The van der Waals surface area contributed by atoms with Crippen LogP contribution in [0.25, 0.3) is 11.4 Å². The second-order valence-electron chi connectivity index (χ2n) is 12.4. The number of halogens is 1. The number of rotatable bonds is 8. The first-order valence-electron chi connectivity index (χ1n) is 14.1. The zero-order valence-corrected chi connectivity index (χ0v) is 23.8. The molecule has 0 bridgehead atoms. The molecule has 1 atom stereocenters. The molecule has 1 unspecified atom stereocenters. The van der Waals surface area contributed by atoms with E-state index in [-0.39, 0.29) is 17.2 Å². The zero-order chi connectivity index (χ0) is 28.7. The standard InChI is InChI=1S/C29H40FN7O3/c1-17-22(30)9-19(10-23(17)31)24-33-12-20(13-34-26(38)29(6-7-29)21-14-32-15-21)25(36-24)37-8-5-18(16-37)11-35-27(39)40-28(2,3)4/h9-10,12,18,21,32H,5-8,11,13-16,31H2,1-4H3,(H,34,38)(H,35,39). The molecule has 3 heterocycles. The minimum atomic E-state index is -0.560. The number of aromatic nitrogens is 2. The summed E-state index contributed by atoms with van der Waals surface area (Å²) >= 11 is 0. The summed E-state index contributed by atoms with van der Waals surface area (Å²) in [6.45, 7) is 11.1. The Labute approximate surface area is 234 Å². The number of nitrogens with zero attached hydrogens (tertiary/aromatic N) is 3. The number of carbonyl (C=O) groups is 2. The van der Waals surface area contributed by atoms with Gasteiger partial charge in [0.15, 0.2) is 5.82 Å². The van der Waals surface area contributed by atoms with Crippen LogP contribution in [0.4, 0.5) is 20.7 Å². The van der Waals surface area contributed by atoms with Gasteiger partial charge in [0, 0.05) is 67.8 Å². The van der Waals surface area contributed by atoms with Crippen molar-refractivity contribution in [2.45, 2.75) is 59.1 Å². The molecule has 1 aromatic carbocycles. The van der Waals surface area contributed by atoms with Gasteiger partial charge in [-0.05, 0) is 70.9 Å². The van der Waals surface area contributed by atoms with Gasteiger partial charge in [0.2, 0.25) is 5.91 Å². The van der Waals surface area contributed by atoms with Crippen LogP contribution < -0.4 is 26.6 Å². The van der Waals surface area contributed by atoms with Crippen molar-refractivity contribution in [3.8, 4) is 11.4 Å². The Morgan fingerprint density at radius 3 is 2.62 bits per heavy atom. The Morgan fingerprint density at radius 2 is 2.00 bits per heavy atom. The number of anilines is 2. The third kappa shape index (κ3) is 5.99. The van der Waals surface area contributed by atoms with Crippen LogP contribution in [0.1, 0.15) is 51.2 Å². The molecule has 1 aliphatic carbocycles. The lowest BCUT2D eigenvalue weighted by Gasteiger charge is -2.34. The average Bonchev–Trinajstić information content (AvgIpc) is 3.50. The fourth-order valence-corrected chi connectivity index (χ4v) is 5.48. The number of benzene rings is 1. The number of hydrogen-bond acceptors (Lipinski definition) is 8. The van der Waals surface area contributed by atoms with Crippen LogP contribution >= 0.6 is 0 Å². The van der Waals surface area contributed by atoms with Gasteiger partial charge in [-0.15, -0.1) is 0 Å². The van der Waals surface area contributed by atoms with Crippen molar-refractivity contribution in [3.05, 3.63) is 35.3 Å². The van der Waals surface area contributed by atoms with Crippen LogP contribution in [0.3, 0.4) is 0 Å². The van der Waals surface area contributed by atoms with E-state index in [9.17, 15) is 14.0 Å². The first-order valence-corrected chi connectivity index (χ1v) is 14.1. The number of ether oxygens (including phenoxy) is 1. The highest BCUT2D eigenvalue weighted by Crippen LogP contribution is 2.53. The smallest absolute Gasteiger partial charge is 0.407 e. The molecule has 3 aliphatic rings. The maximum Gasteiger partial charge on any atom is 0.407 e. The lowest BCUT2D eigenvalue weighted by molar-refractivity contribution is -0.129. The number of nitrogens with one attached hydrogen (secondary N) is 3. The molecular formula is C29H40FN7O3. The van der Waals surface area contributed by atoms with Crippen molar-refractivity contribution < 1.29 is 18.7 Å². The normalized spacial score (nSPS) is 20.1. The molecule has 0 spiro atoms. The van der Waals surface area contributed by atoms with Crippen LogP contribution in [0.2, 0.25) is 0 Å². The minimum Gasteiger partial charge on any atom is -0.444 e. The molecular weight excluding hydrogens is 513 g/mol. The molecule has 3 fully saturated rings. The number of carbonyl (C=O) groups excluding carboxylic acids is 2. The summed E-state index contributed by atoms with van der Waals surface area (Å²) in [6.07, 6.45) is 3.97. The van der Waals surface area contributed by atoms with Gasteiger partial charge in [-0.3, -0.25) is 4.79 Å². The highest BCUT2D eigenvalue weighted by atomic mass is 19.1. The van der Waals surface area contributed by atoms with E-state index < -0.39 is 17.5 Å². The molecule has 11 heteroatoms. The van der Waals surface area contributed by atoms with Crippen LogP contribution in [0.15, 0.2) is 18.3 Å². The predicted molar refractivity (Wildman–Crippen MR) is 151 cm³/mol. The van der Waals surface area contributed by atoms with Crippen molar-refractivity contribution in [1.82, 2.24) is 25.9 Å². The summed E-state index contributed by atoms with van der Waals surface area (Å²) in [4.78, 5) is 36.8. The molecule has 1 aromatic heterocycles. The Bertz CT molecular complexity index is 1260. The van der Waals surface area contributed by atoms with Gasteiger partial charge < -0.3 is 31.3 Å². The highest BCUT2D eigenvalue weighted by molar-refractivity contribution is 5.86. The van der Waals surface area contributed by atoms with E-state index in [2.05, 4.69) is 25.8 Å². The van der Waals surface area contributed by atoms with E-state index >= 15 is 0 Å². The van der Waals surface area contributed by atoms with E-state index in [0.717, 1.165) is 44.5 Å². The summed E-state index contributed by atoms with van der Waals surface area (Å²) in [5.41, 5.74) is 7.23. The number of hydrogen-bond donors (Lipinski definition) is 4. The summed E-state index contributed by atoms with van der Waals surface area (Å²) in [5, 5.41) is 9.29. The van der Waals surface area contributed by atoms with E-state index in [1.807, 2.05) is 20.8 Å². The molecule has 5 rings (SSSR count). The van der Waals surface area contributed by atoms with E-state index in [0.29, 0.717) is 54.0 Å². The molecule has 10 nitrogen and oxygen atoms in total. The molecule has 1 saturated carbocycles. The molecule has 2 aliphatic heterocycles. The number of nitrogens with two attached hydrogens (primary N) is 1. The third-order valence-corrected chi connectivity index (χ3v) is 8.25. The van der Waals surface area contributed by atoms with Crippen LogP contribution in [-0.4, -0.2) is 60.3 Å². The topological polar surface area (TPSA) is 134 Å². The zero-order valence-electron chi connectivity index (χ0n) is 23.8. The molecule has 2 saturated heterocycles. The van der Waals surface area contributed by atoms with Gasteiger partial charge in [-0.25, -0.2) is 19.2 Å². The largest absolute Gasteiger partial charge is 0.444 e. The fraction of sp³-hybridized carbons (Fsp3) is 0.586. The number of alkyl carbamates (subject to hydrolysis) is 1. The maximum atomic E-state index is 14.5. The second-order valence-corrected chi connectivity index (χ2v) is 12.4. The van der Waals surface area contributed by atoms with Gasteiger partial charge in [-0.1, -0.05) is 0 Å². The fourth-order valence-electron chi connectivity index (χ4n) is 5.48. The Hall–Kier alpha value is -3.47. The van der Waals surface area contributed by atoms with Crippen molar-refractivity contribution in [2.24, 2.45) is 17.3 Å². The van der Waals surface area contributed by atoms with Crippen LogP contribution in [0, 0.1) is 30.0 Å². The van der Waals surface area contributed by atoms with Crippen molar-refractivity contribution in [3.63, 3.8) is 0 Å². The van der Waals surface area contributed by atoms with Crippen LogP contribution in [-0.2, 0) is 16.1 Å². The molecule has 40 heavy (non-hydrogen) atoms. The Kier molecular flexibility index (Phi) is 7.60. The SMILES string of the molecule is Cc1c(N)cc(-c2ncc(CNC(=O)C3(C4CNC4)CC3)c(N3CCC(CNC(=O)OC(C)(C)C)C3)n2)cc1F. The average molecular weight is 554 g/mol. The number of amides is 2. The third-order valence-electron chi connectivity index (χ3n) is 8.25. The Balaban J connectivity index is 1.33. The predicted octanol–water partition coefficient (Wildman–Crippen LogP) is 3.14. The van der Waals surface area contributed by atoms with Gasteiger partial charge in [0.25, 0.3) is 0 Å². The van der Waals surface area contributed by atoms with Crippen LogP contribution in [0.5, 0.6) is 0 Å². The second kappa shape index (κ2) is 10.8. The molecule has 2 amide bonds. The maximum absolute atomic E-state index is 14.5. The first kappa shape index (κ1) is 28.1. The quantitative estimate of drug-likeness (QED) is 0.367. The monoisotopic (exact) mass is 553 g/mol. The highest BCUT2D eigenvalue weighted by Gasteiger charge is 2.56. The van der Waals surface area contributed by atoms with E-state index in [1.165, 1.54) is 6.07 Å². The summed E-state index contributed by atoms with van der Waals surface area (Å²) in [7, 11) is 0. The van der Waals surface area contributed by atoms with Gasteiger partial charge in [0.05, 0.1) is 5.41 Å². The molecule has 2 aromatic rings. The molecule has 5 N–H and O–H groups in total. The first-order chi connectivity index (χ1) is 18.9. The van der Waals surface area contributed by atoms with Crippen molar-refractivity contribution in [2.75, 3.05) is 43.4 Å². The summed E-state index contributed by atoms with van der Waals surface area (Å²) in [5.74, 6) is 1.32. The van der Waals surface area contributed by atoms with Crippen molar-refractivity contribution >= 4 is 23.5 Å². The van der Waals surface area contributed by atoms with Gasteiger partial charge in [-0.2, -0.15) is 0 Å². The number of nitrogen functional groups attached to an aromatic ring is 1. The van der Waals surface area contributed by atoms with Gasteiger partial charge >= 0.3 is 6.09 Å². The van der Waals surface area contributed by atoms with Crippen molar-refractivity contribution in [1.29, 1.82) is 0 Å². The Morgan fingerprint density at radius 1 is 1.25 bits per heavy atom.